The summed E-state index contributed by atoms with van der Waals surface area (Å²) in [6.07, 6.45) is 0. The number of hydrogen-bond donors (Lipinski definition) is 1. The maximum absolute atomic E-state index is 4.51. The average Bonchev–Trinajstić information content (AvgIpc) is 1.69. The number of hydrogen-bond acceptors (Lipinski definition) is 2. The van der Waals surface area contributed by atoms with Gasteiger partial charge >= 0.3 is 46.6 Å². The molecule has 6 nitrogen and oxygen atoms in total. The third kappa shape index (κ3) is 5.32. The van der Waals surface area contributed by atoms with E-state index < -0.39 is 0 Å². The molecule has 39 valence electrons. The molecular weight excluding hydrogens is 140 g/mol. The van der Waals surface area contributed by atoms with Crippen molar-refractivity contribution in [2.75, 3.05) is 0 Å². The van der Waals surface area contributed by atoms with Crippen molar-refractivity contribution in [3.05, 3.63) is 0 Å². The van der Waals surface area contributed by atoms with Crippen LogP contribution in [0.3, 0.4) is 0 Å². The molecule has 0 rings (SSSR count). The van der Waals surface area contributed by atoms with E-state index >= 15 is 0 Å². The van der Waals surface area contributed by atoms with Crippen molar-refractivity contribution in [1.82, 2.24) is 0 Å². The summed E-state index contributed by atoms with van der Waals surface area (Å²) in [7, 11) is 0. The minimum atomic E-state index is 2.75. The predicted octanol–water partition coefficient (Wildman–Crippen LogP) is 0.325. The summed E-state index contributed by atoms with van der Waals surface area (Å²) in [5.41, 5.74) is 0. The molecule has 0 bridgehead atoms. The molecule has 0 aliphatic carbocycles. The Morgan fingerprint density at radius 3 is 2.29 bits per heavy atom. The van der Waals surface area contributed by atoms with Crippen LogP contribution in [-0.2, 0) is 15.8 Å². The van der Waals surface area contributed by atoms with E-state index in [1.807, 2.05) is 0 Å². The molecule has 0 radical (unpaired) electrons. The van der Waals surface area contributed by atoms with Gasteiger partial charge in [0.1, 0.15) is 0 Å². The summed E-state index contributed by atoms with van der Waals surface area (Å²) in [6, 6.07) is 0. The van der Waals surface area contributed by atoms with Crippen LogP contribution in [0.5, 0.6) is 0 Å². The van der Waals surface area contributed by atoms with Gasteiger partial charge in [-0.05, 0) is 0 Å². The van der Waals surface area contributed by atoms with Gasteiger partial charge in [-0.25, -0.2) is 0 Å². The van der Waals surface area contributed by atoms with Crippen molar-refractivity contribution in [1.29, 1.82) is 0 Å². The molecule has 0 unspecified atom stereocenters. The molecule has 0 aromatic rings. The first-order valence-electron chi connectivity index (χ1n) is 1.22. The zero-order valence-corrected chi connectivity index (χ0v) is 4.27. The molecule has 0 amide bonds. The Labute approximate surface area is 47.4 Å². The summed E-state index contributed by atoms with van der Waals surface area (Å²) in [5, 5.41) is 11.5. The van der Waals surface area contributed by atoms with Crippen molar-refractivity contribution in [2.45, 2.75) is 0 Å². The van der Waals surface area contributed by atoms with E-state index in [9.17, 15) is 0 Å². The summed E-state index contributed by atoms with van der Waals surface area (Å²) < 4.78 is 2.97. The Morgan fingerprint density at radius 2 is 1.86 bits per heavy atom. The number of rotatable bonds is 2. The van der Waals surface area contributed by atoms with E-state index in [-0.39, 0.29) is 0 Å². The molecule has 0 heterocycles. The number of nitrogens with two attached hydrogens (primary N) is 1. The Morgan fingerprint density at radius 1 is 1.14 bits per heavy atom. The first-order chi connectivity index (χ1) is 3.41. The molecule has 0 aliphatic heterocycles. The van der Waals surface area contributed by atoms with Crippen LogP contribution >= 0.6 is 0 Å². The normalized spacial score (nSPS) is 10.9. The molecular formula is H2FeN6+. The fourth-order valence-electron chi connectivity index (χ4n) is 0.0551. The standard InChI is InChI=1S/Fe.H2N6/c;1-3-5-6-4-2/h;(H2,1,4,5)/q+1;. The molecule has 0 aliphatic rings. The van der Waals surface area contributed by atoms with Gasteiger partial charge in [-0.3, -0.25) is 0 Å². The van der Waals surface area contributed by atoms with Crippen LogP contribution in [0.25, 0.3) is 0 Å². The molecule has 2 N–H and O–H groups in total. The van der Waals surface area contributed by atoms with Gasteiger partial charge in [-0.1, -0.05) is 0 Å². The van der Waals surface area contributed by atoms with Gasteiger partial charge in [0.05, 0.1) is 0 Å². The third-order valence-electron chi connectivity index (χ3n) is 0.163. The molecule has 0 saturated heterocycles. The Hall–Kier alpha value is -0.681. The van der Waals surface area contributed by atoms with E-state index in [1.165, 1.54) is 0 Å². The van der Waals surface area contributed by atoms with Gasteiger partial charge in [0.15, 0.2) is 0 Å². The fourth-order valence-corrected chi connectivity index (χ4v) is 0.0993. The second-order valence-corrected chi connectivity index (χ2v) is 0.675. The maximum atomic E-state index is 4.51. The van der Waals surface area contributed by atoms with Crippen LogP contribution in [0.4, 0.5) is 0 Å². The molecule has 7 heavy (non-hydrogen) atoms. The average molecular weight is 142 g/mol. The van der Waals surface area contributed by atoms with Gasteiger partial charge in [-0.2, -0.15) is 0 Å². The van der Waals surface area contributed by atoms with E-state index in [2.05, 4.69) is 46.6 Å². The van der Waals surface area contributed by atoms with Gasteiger partial charge in [0.2, 0.25) is 0 Å². The van der Waals surface area contributed by atoms with Crippen molar-refractivity contribution in [3.63, 3.8) is 0 Å². The Bertz CT molecular complexity index is 90.4. The van der Waals surface area contributed by atoms with Gasteiger partial charge in [0.25, 0.3) is 0 Å². The Kier molecular flexibility index (Phi) is 4.80. The summed E-state index contributed by atoms with van der Waals surface area (Å²) in [4.78, 5) is 0. The van der Waals surface area contributed by atoms with Crippen LogP contribution in [0.1, 0.15) is 0 Å². The van der Waals surface area contributed by atoms with E-state index in [1.54, 1.807) is 0 Å². The monoisotopic (exact) mass is 142 g/mol. The molecule has 7 heteroatoms. The van der Waals surface area contributed by atoms with Gasteiger partial charge in [0, 0.05) is 0 Å². The predicted molar refractivity (Wildman–Crippen MR) is 16.3 cm³/mol. The zero-order valence-electron chi connectivity index (χ0n) is 3.17. The van der Waals surface area contributed by atoms with Crippen LogP contribution < -0.4 is 5.84 Å². The van der Waals surface area contributed by atoms with E-state index in [0.29, 0.717) is 0 Å². The van der Waals surface area contributed by atoms with Crippen LogP contribution in [0.2, 0.25) is 0 Å². The quantitative estimate of drug-likeness (QED) is 0.256. The fraction of sp³-hybridized carbons (Fsp3) is 0. The van der Waals surface area contributed by atoms with Gasteiger partial charge < -0.3 is 0 Å². The van der Waals surface area contributed by atoms with Crippen molar-refractivity contribution < 1.29 is 15.8 Å². The van der Waals surface area contributed by atoms with Crippen LogP contribution in [0.15, 0.2) is 25.0 Å². The Balaban J connectivity index is 3.27. The first kappa shape index (κ1) is 6.32. The van der Waals surface area contributed by atoms with E-state index in [4.69, 9.17) is 0 Å². The SMILES string of the molecule is N/N=N/N=N/[N]=[Fe+]. The second-order valence-electron chi connectivity index (χ2n) is 0.455. The summed E-state index contributed by atoms with van der Waals surface area (Å²) in [5.74, 6) is 4.51. The van der Waals surface area contributed by atoms with Crippen molar-refractivity contribution >= 4 is 0 Å². The molecule has 0 saturated carbocycles. The van der Waals surface area contributed by atoms with Crippen LogP contribution in [0, 0.1) is 0 Å². The first-order valence-corrected chi connectivity index (χ1v) is 1.71. The molecule has 0 spiro atoms. The summed E-state index contributed by atoms with van der Waals surface area (Å²) in [6.45, 7) is 0. The number of nitrogens with zero attached hydrogens (tertiary/aromatic N) is 5. The molecule has 0 atom stereocenters. The molecule has 0 aromatic heterocycles. The van der Waals surface area contributed by atoms with Crippen molar-refractivity contribution in [2.24, 2.45) is 30.8 Å². The van der Waals surface area contributed by atoms with E-state index in [0.717, 1.165) is 0 Å². The summed E-state index contributed by atoms with van der Waals surface area (Å²) >= 11 is 2.98. The second kappa shape index (κ2) is 5.32. The molecule has 0 fully saturated rings. The topological polar surface area (TPSA) is 87.8 Å². The van der Waals surface area contributed by atoms with Crippen LogP contribution in [-0.4, -0.2) is 0 Å². The minimum absolute atomic E-state index is 2.75. The third-order valence-corrected chi connectivity index (χ3v) is 0.262. The van der Waals surface area contributed by atoms with Crippen molar-refractivity contribution in [3.8, 4) is 0 Å². The van der Waals surface area contributed by atoms with Gasteiger partial charge in [-0.15, -0.1) is 0 Å². The zero-order chi connectivity index (χ0) is 5.54. The molecule has 0 aromatic carbocycles.